The van der Waals surface area contributed by atoms with Gasteiger partial charge in [0.25, 0.3) is 5.91 Å². The molecule has 0 unspecified atom stereocenters. The van der Waals surface area contributed by atoms with Gasteiger partial charge in [-0.1, -0.05) is 74.3 Å². The lowest BCUT2D eigenvalue weighted by Crippen LogP contribution is -2.16. The Morgan fingerprint density at radius 3 is 2.16 bits per heavy atom. The van der Waals surface area contributed by atoms with Gasteiger partial charge < -0.3 is 5.32 Å². The zero-order chi connectivity index (χ0) is 22.2. The van der Waals surface area contributed by atoms with Gasteiger partial charge in [-0.05, 0) is 47.3 Å². The van der Waals surface area contributed by atoms with E-state index in [1.165, 1.54) is 0 Å². The number of nitrogens with one attached hydrogen (secondary N) is 1. The van der Waals surface area contributed by atoms with Gasteiger partial charge in [0.05, 0.1) is 4.90 Å². The first-order valence-corrected chi connectivity index (χ1v) is 12.3. The van der Waals surface area contributed by atoms with E-state index in [9.17, 15) is 13.2 Å². The number of rotatable bonds is 4. The zero-order valence-corrected chi connectivity index (χ0v) is 20.0. The number of benzene rings is 4. The monoisotopic (exact) mass is 558 g/mol. The molecule has 0 heterocycles. The highest BCUT2D eigenvalue weighted by molar-refractivity contribution is 9.10. The Labute approximate surface area is 196 Å². The lowest BCUT2D eigenvalue weighted by molar-refractivity contribution is 0.102. The SMILES string of the molecule is NS(=O)(=O)c1c(-c2ccc(Br)cc2C(=O)Nc2ccc(Br)cc2)ccc2ccccc12. The molecule has 0 aliphatic rings. The molecular formula is C23H16Br2N2O3S. The van der Waals surface area contributed by atoms with Crippen LogP contribution < -0.4 is 10.5 Å². The lowest BCUT2D eigenvalue weighted by atomic mass is 9.96. The van der Waals surface area contributed by atoms with Crippen molar-refractivity contribution in [3.8, 4) is 11.1 Å². The molecule has 0 saturated heterocycles. The number of sulfonamides is 1. The van der Waals surface area contributed by atoms with E-state index in [1.54, 1.807) is 48.5 Å². The topological polar surface area (TPSA) is 89.3 Å². The van der Waals surface area contributed by atoms with Crippen molar-refractivity contribution in [1.82, 2.24) is 0 Å². The van der Waals surface area contributed by atoms with Crippen LogP contribution in [0.25, 0.3) is 21.9 Å². The van der Waals surface area contributed by atoms with Crippen LogP contribution in [0.3, 0.4) is 0 Å². The third kappa shape index (κ3) is 4.57. The summed E-state index contributed by atoms with van der Waals surface area (Å²) >= 11 is 6.77. The molecule has 0 spiro atoms. The van der Waals surface area contributed by atoms with Crippen LogP contribution in [0.5, 0.6) is 0 Å². The first kappa shape index (κ1) is 21.7. The maximum atomic E-state index is 13.1. The first-order chi connectivity index (χ1) is 14.7. The van der Waals surface area contributed by atoms with Crippen LogP contribution in [0.15, 0.2) is 92.7 Å². The molecule has 5 nitrogen and oxygen atoms in total. The normalized spacial score (nSPS) is 11.5. The summed E-state index contributed by atoms with van der Waals surface area (Å²) in [6.45, 7) is 0. The van der Waals surface area contributed by atoms with Crippen LogP contribution >= 0.6 is 31.9 Å². The summed E-state index contributed by atoms with van der Waals surface area (Å²) < 4.78 is 26.7. The smallest absolute Gasteiger partial charge is 0.256 e. The number of halogens is 2. The fraction of sp³-hybridized carbons (Fsp3) is 0. The van der Waals surface area contributed by atoms with Gasteiger partial charge >= 0.3 is 0 Å². The van der Waals surface area contributed by atoms with Crippen molar-refractivity contribution in [2.45, 2.75) is 4.90 Å². The summed E-state index contributed by atoms with van der Waals surface area (Å²) in [6.07, 6.45) is 0. The second-order valence-electron chi connectivity index (χ2n) is 6.86. The largest absolute Gasteiger partial charge is 0.322 e. The Balaban J connectivity index is 1.91. The molecule has 0 bridgehead atoms. The minimum Gasteiger partial charge on any atom is -0.322 e. The summed E-state index contributed by atoms with van der Waals surface area (Å²) in [5.41, 5.74) is 1.77. The predicted octanol–water partition coefficient (Wildman–Crippen LogP) is 5.93. The van der Waals surface area contributed by atoms with E-state index in [0.717, 1.165) is 9.86 Å². The van der Waals surface area contributed by atoms with E-state index >= 15 is 0 Å². The second kappa shape index (κ2) is 8.55. The second-order valence-corrected chi connectivity index (χ2v) is 10.2. The van der Waals surface area contributed by atoms with Gasteiger partial charge in [-0.15, -0.1) is 0 Å². The number of hydrogen-bond acceptors (Lipinski definition) is 3. The van der Waals surface area contributed by atoms with Crippen LogP contribution in [-0.2, 0) is 10.0 Å². The van der Waals surface area contributed by atoms with E-state index in [2.05, 4.69) is 37.2 Å². The molecule has 0 aliphatic heterocycles. The molecular weight excluding hydrogens is 544 g/mol. The summed E-state index contributed by atoms with van der Waals surface area (Å²) in [7, 11) is -4.07. The molecule has 31 heavy (non-hydrogen) atoms. The van der Waals surface area contributed by atoms with Crippen molar-refractivity contribution in [3.63, 3.8) is 0 Å². The number of carbonyl (C=O) groups is 1. The summed E-state index contributed by atoms with van der Waals surface area (Å²) in [5.74, 6) is -0.368. The van der Waals surface area contributed by atoms with Gasteiger partial charge in [0.2, 0.25) is 10.0 Å². The zero-order valence-electron chi connectivity index (χ0n) is 16.0. The van der Waals surface area contributed by atoms with Crippen molar-refractivity contribution < 1.29 is 13.2 Å². The van der Waals surface area contributed by atoms with E-state index < -0.39 is 10.0 Å². The van der Waals surface area contributed by atoms with E-state index in [0.29, 0.717) is 32.2 Å². The third-order valence-corrected chi connectivity index (χ3v) is 6.81. The van der Waals surface area contributed by atoms with Crippen molar-refractivity contribution in [1.29, 1.82) is 0 Å². The Morgan fingerprint density at radius 1 is 0.806 bits per heavy atom. The van der Waals surface area contributed by atoms with Crippen LogP contribution in [0, 0.1) is 0 Å². The highest BCUT2D eigenvalue weighted by atomic mass is 79.9. The Hall–Kier alpha value is -2.52. The number of anilines is 1. The van der Waals surface area contributed by atoms with E-state index in [4.69, 9.17) is 5.14 Å². The minimum absolute atomic E-state index is 0.00869. The standard InChI is InChI=1S/C23H16Br2N2O3S/c24-15-6-9-17(10-7-15)27-23(28)21-13-16(25)8-12-19(21)20-11-5-14-3-1-2-4-18(14)22(20)31(26,29)30/h1-13H,(H,27,28)(H2,26,29,30). The molecule has 0 aromatic heterocycles. The summed E-state index contributed by atoms with van der Waals surface area (Å²) in [5, 5.41) is 9.72. The molecule has 4 aromatic rings. The molecule has 0 aliphatic carbocycles. The van der Waals surface area contributed by atoms with Crippen molar-refractivity contribution in [2.75, 3.05) is 5.32 Å². The molecule has 3 N–H and O–H groups in total. The molecule has 0 fully saturated rings. The van der Waals surface area contributed by atoms with Gasteiger partial charge in [-0.2, -0.15) is 0 Å². The highest BCUT2D eigenvalue weighted by Crippen LogP contribution is 2.36. The molecule has 1 amide bonds. The lowest BCUT2D eigenvalue weighted by Gasteiger charge is -2.16. The van der Waals surface area contributed by atoms with E-state index in [1.807, 2.05) is 30.3 Å². The average Bonchev–Trinajstić information content (AvgIpc) is 2.73. The fourth-order valence-electron chi connectivity index (χ4n) is 3.43. The first-order valence-electron chi connectivity index (χ1n) is 9.15. The van der Waals surface area contributed by atoms with Crippen molar-refractivity contribution in [3.05, 3.63) is 93.4 Å². The Kier molecular flexibility index (Phi) is 5.98. The highest BCUT2D eigenvalue weighted by Gasteiger charge is 2.23. The van der Waals surface area contributed by atoms with Crippen LogP contribution in [-0.4, -0.2) is 14.3 Å². The van der Waals surface area contributed by atoms with Gasteiger partial charge in [-0.25, -0.2) is 13.6 Å². The van der Waals surface area contributed by atoms with Gasteiger partial charge in [0.15, 0.2) is 0 Å². The van der Waals surface area contributed by atoms with E-state index in [-0.39, 0.29) is 10.8 Å². The van der Waals surface area contributed by atoms with Crippen molar-refractivity contribution >= 4 is 64.3 Å². The number of amides is 1. The maximum absolute atomic E-state index is 13.1. The predicted molar refractivity (Wildman–Crippen MR) is 131 cm³/mol. The molecule has 8 heteroatoms. The summed E-state index contributed by atoms with van der Waals surface area (Å²) in [4.78, 5) is 13.1. The van der Waals surface area contributed by atoms with Gasteiger partial charge in [0, 0.05) is 31.1 Å². The molecule has 0 saturated carbocycles. The van der Waals surface area contributed by atoms with Crippen molar-refractivity contribution in [2.24, 2.45) is 5.14 Å². The number of nitrogens with two attached hydrogens (primary N) is 1. The summed E-state index contributed by atoms with van der Waals surface area (Å²) in [6, 6.07) is 22.9. The number of carbonyl (C=O) groups excluding carboxylic acids is 1. The Bertz CT molecular complexity index is 1420. The number of hydrogen-bond donors (Lipinski definition) is 2. The van der Waals surface area contributed by atoms with Gasteiger partial charge in [0.1, 0.15) is 0 Å². The average molecular weight is 560 g/mol. The Morgan fingerprint density at radius 2 is 1.45 bits per heavy atom. The molecule has 0 atom stereocenters. The maximum Gasteiger partial charge on any atom is 0.256 e. The number of primary sulfonamides is 1. The van der Waals surface area contributed by atoms with Crippen LogP contribution in [0.4, 0.5) is 5.69 Å². The minimum atomic E-state index is -4.07. The number of fused-ring (bicyclic) bond motifs is 1. The molecule has 0 radical (unpaired) electrons. The van der Waals surface area contributed by atoms with Crippen LogP contribution in [0.2, 0.25) is 0 Å². The quantitative estimate of drug-likeness (QED) is 0.324. The molecule has 4 rings (SSSR count). The molecule has 156 valence electrons. The van der Waals surface area contributed by atoms with Gasteiger partial charge in [-0.3, -0.25) is 4.79 Å². The third-order valence-electron chi connectivity index (χ3n) is 4.78. The molecule has 4 aromatic carbocycles. The van der Waals surface area contributed by atoms with Crippen LogP contribution in [0.1, 0.15) is 10.4 Å². The fourth-order valence-corrected chi connectivity index (χ4v) is 5.03.